The SMILES string of the molecule is COc1ccc(C2Nc3occc3C(=N)N2c2ccc(N(C(N)=O)c3ccc(Cl)cc3)cc2)cc1. The summed E-state index contributed by atoms with van der Waals surface area (Å²) in [7, 11) is 1.62. The summed E-state index contributed by atoms with van der Waals surface area (Å²) < 4.78 is 10.9. The first kappa shape index (κ1) is 22.4. The van der Waals surface area contributed by atoms with E-state index in [0.29, 0.717) is 27.8 Å². The van der Waals surface area contributed by atoms with Crippen molar-refractivity contribution in [2.75, 3.05) is 22.2 Å². The first-order chi connectivity index (χ1) is 17.0. The number of anilines is 4. The molecule has 2 heterocycles. The molecule has 8 nitrogen and oxygen atoms in total. The summed E-state index contributed by atoms with van der Waals surface area (Å²) in [6.07, 6.45) is 1.15. The fourth-order valence-electron chi connectivity index (χ4n) is 4.11. The fraction of sp³-hybridized carbons (Fsp3) is 0.0769. The molecule has 0 spiro atoms. The number of carbonyl (C=O) groups excluding carboxylic acids is 1. The lowest BCUT2D eigenvalue weighted by atomic mass is 10.1. The third kappa shape index (κ3) is 4.15. The molecule has 4 aromatic rings. The maximum atomic E-state index is 12.3. The molecule has 0 saturated carbocycles. The van der Waals surface area contributed by atoms with E-state index >= 15 is 0 Å². The van der Waals surface area contributed by atoms with Crippen molar-refractivity contribution in [3.63, 3.8) is 0 Å². The molecule has 0 fully saturated rings. The second kappa shape index (κ2) is 9.08. The van der Waals surface area contributed by atoms with Gasteiger partial charge >= 0.3 is 6.03 Å². The van der Waals surface area contributed by atoms with Gasteiger partial charge in [0.2, 0.25) is 5.88 Å². The fourth-order valence-corrected chi connectivity index (χ4v) is 4.23. The molecule has 1 unspecified atom stereocenters. The van der Waals surface area contributed by atoms with Gasteiger partial charge in [0.15, 0.2) is 0 Å². The number of furan rings is 1. The van der Waals surface area contributed by atoms with E-state index < -0.39 is 12.2 Å². The normalized spacial score (nSPS) is 14.7. The van der Waals surface area contributed by atoms with E-state index in [4.69, 9.17) is 31.9 Å². The van der Waals surface area contributed by atoms with Gasteiger partial charge in [-0.15, -0.1) is 0 Å². The molecule has 4 N–H and O–H groups in total. The minimum absolute atomic E-state index is 0.283. The van der Waals surface area contributed by atoms with E-state index in [-0.39, 0.29) is 5.84 Å². The Kier molecular flexibility index (Phi) is 5.80. The quantitative estimate of drug-likeness (QED) is 0.314. The van der Waals surface area contributed by atoms with Crippen LogP contribution < -0.4 is 25.6 Å². The third-order valence-electron chi connectivity index (χ3n) is 5.81. The summed E-state index contributed by atoms with van der Waals surface area (Å²) in [4.78, 5) is 15.5. The molecule has 1 aliphatic heterocycles. The number of primary amides is 1. The van der Waals surface area contributed by atoms with Crippen LogP contribution in [0.3, 0.4) is 0 Å². The number of methoxy groups -OCH3 is 1. The Morgan fingerprint density at radius 3 is 2.26 bits per heavy atom. The number of nitrogens with two attached hydrogens (primary N) is 1. The van der Waals surface area contributed by atoms with Crippen molar-refractivity contribution in [1.29, 1.82) is 5.41 Å². The van der Waals surface area contributed by atoms with Gasteiger partial charge in [0, 0.05) is 10.7 Å². The van der Waals surface area contributed by atoms with E-state index in [1.54, 1.807) is 55.8 Å². The molecule has 1 aromatic heterocycles. The number of amidine groups is 1. The van der Waals surface area contributed by atoms with Crippen molar-refractivity contribution in [2.24, 2.45) is 5.73 Å². The van der Waals surface area contributed by atoms with E-state index in [2.05, 4.69) is 5.32 Å². The van der Waals surface area contributed by atoms with Crippen LogP contribution >= 0.6 is 11.6 Å². The van der Waals surface area contributed by atoms with Crippen molar-refractivity contribution >= 4 is 46.4 Å². The highest BCUT2D eigenvalue weighted by Gasteiger charge is 2.33. The molecule has 9 heteroatoms. The Morgan fingerprint density at radius 1 is 1.03 bits per heavy atom. The molecule has 0 radical (unpaired) electrons. The number of halogens is 1. The van der Waals surface area contributed by atoms with Crippen LogP contribution in [0.2, 0.25) is 5.02 Å². The van der Waals surface area contributed by atoms with Crippen molar-refractivity contribution in [3.8, 4) is 5.75 Å². The molecular formula is C26H22ClN5O3. The summed E-state index contributed by atoms with van der Waals surface area (Å²) in [6.45, 7) is 0. The molecule has 1 aliphatic rings. The standard InChI is InChI=1S/C26H22ClN5O3/c1-34-21-12-2-16(3-13-21)24-30-25-22(14-15-35-25)23(28)32(24)20-10-8-19(9-11-20)31(26(29)33)18-6-4-17(27)5-7-18/h2-15,24,28,30H,1H3,(H2,29,33). The number of rotatable bonds is 5. The molecule has 0 bridgehead atoms. The van der Waals surface area contributed by atoms with Gasteiger partial charge in [-0.25, -0.2) is 4.79 Å². The Balaban J connectivity index is 1.52. The molecular weight excluding hydrogens is 466 g/mol. The van der Waals surface area contributed by atoms with E-state index in [1.165, 1.54) is 4.90 Å². The molecule has 176 valence electrons. The van der Waals surface area contributed by atoms with Gasteiger partial charge in [-0.05, 0) is 72.3 Å². The van der Waals surface area contributed by atoms with Crippen molar-refractivity contribution in [3.05, 3.63) is 101 Å². The minimum atomic E-state index is -0.619. The predicted octanol–water partition coefficient (Wildman–Crippen LogP) is 6.11. The number of amides is 2. The lowest BCUT2D eigenvalue weighted by molar-refractivity contribution is 0.256. The van der Waals surface area contributed by atoms with E-state index in [1.807, 2.05) is 41.3 Å². The van der Waals surface area contributed by atoms with Gasteiger partial charge in [-0.2, -0.15) is 0 Å². The molecule has 0 saturated heterocycles. The topological polar surface area (TPSA) is 108 Å². The van der Waals surface area contributed by atoms with Crippen LogP contribution in [0.1, 0.15) is 17.3 Å². The van der Waals surface area contributed by atoms with Crippen molar-refractivity contribution < 1.29 is 13.9 Å². The summed E-state index contributed by atoms with van der Waals surface area (Å²) >= 11 is 5.99. The zero-order valence-corrected chi connectivity index (χ0v) is 19.5. The second-order valence-electron chi connectivity index (χ2n) is 7.87. The Hall–Kier alpha value is -4.43. The average molecular weight is 488 g/mol. The number of hydrogen-bond acceptors (Lipinski definition) is 5. The lowest BCUT2D eigenvalue weighted by Crippen LogP contribution is -2.42. The number of carbonyl (C=O) groups is 1. The highest BCUT2D eigenvalue weighted by atomic mass is 35.5. The molecule has 0 aliphatic carbocycles. The largest absolute Gasteiger partial charge is 0.497 e. The lowest BCUT2D eigenvalue weighted by Gasteiger charge is -2.38. The Labute approximate surface area is 207 Å². The van der Waals surface area contributed by atoms with Gasteiger partial charge in [-0.1, -0.05) is 23.7 Å². The number of ether oxygens (including phenoxy) is 1. The third-order valence-corrected chi connectivity index (χ3v) is 6.06. The number of nitrogens with zero attached hydrogens (tertiary/aromatic N) is 2. The van der Waals surface area contributed by atoms with Gasteiger partial charge in [-0.3, -0.25) is 10.3 Å². The van der Waals surface area contributed by atoms with E-state index in [0.717, 1.165) is 17.0 Å². The zero-order valence-electron chi connectivity index (χ0n) is 18.7. The Morgan fingerprint density at radius 2 is 1.66 bits per heavy atom. The number of hydrogen-bond donors (Lipinski definition) is 3. The van der Waals surface area contributed by atoms with E-state index in [9.17, 15) is 4.79 Å². The highest BCUT2D eigenvalue weighted by molar-refractivity contribution is 6.30. The highest BCUT2D eigenvalue weighted by Crippen LogP contribution is 2.38. The first-order valence-corrected chi connectivity index (χ1v) is 11.2. The monoisotopic (exact) mass is 487 g/mol. The average Bonchev–Trinajstić information content (AvgIpc) is 3.35. The van der Waals surface area contributed by atoms with Crippen LogP contribution in [0, 0.1) is 5.41 Å². The van der Waals surface area contributed by atoms with Gasteiger partial charge in [0.05, 0.1) is 30.3 Å². The number of benzene rings is 3. The summed E-state index contributed by atoms with van der Waals surface area (Å²) in [5, 5.41) is 12.8. The number of nitrogens with one attached hydrogen (secondary N) is 2. The summed E-state index contributed by atoms with van der Waals surface area (Å²) in [6, 6.07) is 22.9. The van der Waals surface area contributed by atoms with Crippen LogP contribution in [-0.4, -0.2) is 19.0 Å². The van der Waals surface area contributed by atoms with Crippen LogP contribution in [0.15, 0.2) is 89.5 Å². The second-order valence-corrected chi connectivity index (χ2v) is 8.30. The van der Waals surface area contributed by atoms with Crippen LogP contribution in [0.4, 0.5) is 27.7 Å². The molecule has 3 aromatic carbocycles. The predicted molar refractivity (Wildman–Crippen MR) is 137 cm³/mol. The van der Waals surface area contributed by atoms with Gasteiger partial charge in [0.25, 0.3) is 0 Å². The first-order valence-electron chi connectivity index (χ1n) is 10.8. The molecule has 1 atom stereocenters. The summed E-state index contributed by atoms with van der Waals surface area (Å²) in [5.74, 6) is 1.56. The maximum absolute atomic E-state index is 12.3. The minimum Gasteiger partial charge on any atom is -0.497 e. The zero-order chi connectivity index (χ0) is 24.5. The van der Waals surface area contributed by atoms with Crippen LogP contribution in [0.25, 0.3) is 0 Å². The molecule has 2 amide bonds. The number of urea groups is 1. The van der Waals surface area contributed by atoms with Crippen LogP contribution in [0.5, 0.6) is 5.75 Å². The van der Waals surface area contributed by atoms with Gasteiger partial charge < -0.3 is 25.1 Å². The van der Waals surface area contributed by atoms with Crippen molar-refractivity contribution in [1.82, 2.24) is 0 Å². The summed E-state index contributed by atoms with van der Waals surface area (Å²) in [5.41, 5.74) is 9.19. The van der Waals surface area contributed by atoms with Crippen molar-refractivity contribution in [2.45, 2.75) is 6.17 Å². The van der Waals surface area contributed by atoms with Gasteiger partial charge in [0.1, 0.15) is 17.8 Å². The number of fused-ring (bicyclic) bond motifs is 1. The maximum Gasteiger partial charge on any atom is 0.323 e. The van der Waals surface area contributed by atoms with Crippen LogP contribution in [-0.2, 0) is 0 Å². The Bertz CT molecular complexity index is 1370. The smallest absolute Gasteiger partial charge is 0.323 e. The molecule has 5 rings (SSSR count). The molecule has 35 heavy (non-hydrogen) atoms.